The van der Waals surface area contributed by atoms with E-state index < -0.39 is 0 Å². The highest BCUT2D eigenvalue weighted by atomic mass is 32.1. The number of carbonyl (C=O) groups is 1. The molecule has 0 bridgehead atoms. The summed E-state index contributed by atoms with van der Waals surface area (Å²) in [5, 5.41) is 9.88. The van der Waals surface area contributed by atoms with Crippen LogP contribution in [-0.2, 0) is 0 Å². The number of thiophene rings is 1. The van der Waals surface area contributed by atoms with Gasteiger partial charge in [0.2, 0.25) is 0 Å². The van der Waals surface area contributed by atoms with E-state index in [-0.39, 0.29) is 5.91 Å². The Hall–Kier alpha value is -2.44. The third kappa shape index (κ3) is 3.82. The third-order valence-electron chi connectivity index (χ3n) is 4.95. The lowest BCUT2D eigenvalue weighted by atomic mass is 10.1. The average molecular weight is 381 g/mol. The first kappa shape index (κ1) is 17.9. The topological polar surface area (TPSA) is 50.2 Å². The van der Waals surface area contributed by atoms with Gasteiger partial charge in [0.15, 0.2) is 0 Å². The molecule has 1 N–H and O–H groups in total. The molecular weight excluding hydrogens is 356 g/mol. The molecule has 0 aliphatic carbocycles. The van der Waals surface area contributed by atoms with Gasteiger partial charge in [-0.1, -0.05) is 25.1 Å². The molecule has 4 rings (SSSR count). The molecule has 0 radical (unpaired) electrons. The first-order valence-corrected chi connectivity index (χ1v) is 10.3. The highest BCUT2D eigenvalue weighted by Crippen LogP contribution is 2.28. The average Bonchev–Trinajstić information content (AvgIpc) is 3.47. The minimum Gasteiger partial charge on any atom is -0.334 e. The monoisotopic (exact) mass is 380 g/mol. The Morgan fingerprint density at radius 2 is 2.19 bits per heavy atom. The molecule has 1 amide bonds. The predicted molar refractivity (Wildman–Crippen MR) is 109 cm³/mol. The minimum atomic E-state index is 0.150. The van der Waals surface area contributed by atoms with Crippen molar-refractivity contribution >= 4 is 17.2 Å². The maximum absolute atomic E-state index is 13.1. The molecule has 1 aliphatic rings. The molecule has 3 heterocycles. The number of nitrogens with zero attached hydrogens (tertiary/aromatic N) is 3. The largest absolute Gasteiger partial charge is 0.334 e. The van der Waals surface area contributed by atoms with Crippen LogP contribution in [0, 0.1) is 0 Å². The number of hydrogen-bond donors (Lipinski definition) is 1. The summed E-state index contributed by atoms with van der Waals surface area (Å²) in [6, 6.07) is 12.4. The normalized spacial score (nSPS) is 16.6. The summed E-state index contributed by atoms with van der Waals surface area (Å²) in [6.45, 7) is 4.82. The summed E-state index contributed by atoms with van der Waals surface area (Å²) in [6.07, 6.45) is 5.88. The maximum atomic E-state index is 13.1. The lowest BCUT2D eigenvalue weighted by Gasteiger charge is -2.27. The Kier molecular flexibility index (Phi) is 5.36. The number of benzene rings is 1. The zero-order chi connectivity index (χ0) is 18.6. The first-order chi connectivity index (χ1) is 13.3. The van der Waals surface area contributed by atoms with Gasteiger partial charge < -0.3 is 10.2 Å². The number of hydrogen-bond acceptors (Lipinski definition) is 4. The van der Waals surface area contributed by atoms with Crippen molar-refractivity contribution in [1.82, 2.24) is 20.0 Å². The summed E-state index contributed by atoms with van der Waals surface area (Å²) in [5.74, 6) is 0.150. The molecule has 1 aliphatic heterocycles. The van der Waals surface area contributed by atoms with Crippen molar-refractivity contribution in [2.24, 2.45) is 0 Å². The van der Waals surface area contributed by atoms with Crippen molar-refractivity contribution < 1.29 is 4.79 Å². The van der Waals surface area contributed by atoms with Crippen LogP contribution in [0.15, 0.2) is 54.2 Å². The van der Waals surface area contributed by atoms with E-state index in [0.29, 0.717) is 6.04 Å². The van der Waals surface area contributed by atoms with Crippen LogP contribution in [0.2, 0.25) is 0 Å². The summed E-state index contributed by atoms with van der Waals surface area (Å²) < 4.78 is 1.86. The molecule has 2 aromatic heterocycles. The highest BCUT2D eigenvalue weighted by molar-refractivity contribution is 7.12. The number of aromatic nitrogens is 2. The van der Waals surface area contributed by atoms with Gasteiger partial charge in [-0.15, -0.1) is 11.3 Å². The Bertz CT molecular complexity index is 896. The molecule has 1 saturated heterocycles. The number of nitrogens with one attached hydrogen (secondary N) is 1. The van der Waals surface area contributed by atoms with Crippen molar-refractivity contribution in [2.45, 2.75) is 25.8 Å². The molecule has 3 aromatic rings. The van der Waals surface area contributed by atoms with Gasteiger partial charge in [-0.25, -0.2) is 4.68 Å². The maximum Gasteiger partial charge on any atom is 0.264 e. The number of carbonyl (C=O) groups excluding carboxylic acids is 1. The standard InChI is InChI=1S/C21H24N4OS/c1-2-10-24(19-8-9-22-13-19)21(26)20-11-16(15-27-20)17-12-23-25(14-17)18-6-4-3-5-7-18/h3-7,11-12,14-15,19,22H,2,8-10,13H2,1H3/t19-/m1/s1. The minimum absolute atomic E-state index is 0.150. The van der Waals surface area contributed by atoms with E-state index in [1.54, 1.807) is 0 Å². The Labute approximate surface area is 163 Å². The van der Waals surface area contributed by atoms with Crippen LogP contribution in [0.25, 0.3) is 16.8 Å². The van der Waals surface area contributed by atoms with Gasteiger partial charge in [-0.05, 0) is 48.5 Å². The van der Waals surface area contributed by atoms with Crippen molar-refractivity contribution in [3.8, 4) is 16.8 Å². The van der Waals surface area contributed by atoms with Gasteiger partial charge in [0, 0.05) is 30.9 Å². The fourth-order valence-electron chi connectivity index (χ4n) is 3.53. The highest BCUT2D eigenvalue weighted by Gasteiger charge is 2.27. The van der Waals surface area contributed by atoms with Crippen molar-refractivity contribution in [3.05, 3.63) is 59.0 Å². The molecule has 1 fully saturated rings. The molecule has 0 spiro atoms. The summed E-state index contributed by atoms with van der Waals surface area (Å²) in [5.41, 5.74) is 3.10. The SMILES string of the molecule is CCCN(C(=O)c1cc(-c2cnn(-c3ccccc3)c2)cs1)[C@@H]1CCNC1. The molecule has 5 nitrogen and oxygen atoms in total. The number of rotatable bonds is 6. The van der Waals surface area contributed by atoms with E-state index in [1.807, 2.05) is 58.4 Å². The van der Waals surface area contributed by atoms with Gasteiger partial charge in [0.05, 0.1) is 16.8 Å². The summed E-state index contributed by atoms with van der Waals surface area (Å²) in [4.78, 5) is 15.9. The van der Waals surface area contributed by atoms with E-state index in [0.717, 1.165) is 54.2 Å². The van der Waals surface area contributed by atoms with Crippen LogP contribution in [0.1, 0.15) is 29.4 Å². The molecule has 0 unspecified atom stereocenters. The number of para-hydroxylation sites is 1. The first-order valence-electron chi connectivity index (χ1n) is 9.47. The summed E-state index contributed by atoms with van der Waals surface area (Å²) >= 11 is 1.52. The second kappa shape index (κ2) is 8.06. The molecule has 27 heavy (non-hydrogen) atoms. The quantitative estimate of drug-likeness (QED) is 0.707. The van der Waals surface area contributed by atoms with E-state index >= 15 is 0 Å². The van der Waals surface area contributed by atoms with Crippen LogP contribution in [0.4, 0.5) is 0 Å². The Balaban J connectivity index is 1.54. The molecule has 0 saturated carbocycles. The van der Waals surface area contributed by atoms with Crippen LogP contribution < -0.4 is 5.32 Å². The van der Waals surface area contributed by atoms with Crippen LogP contribution in [-0.4, -0.2) is 46.3 Å². The smallest absolute Gasteiger partial charge is 0.264 e. The van der Waals surface area contributed by atoms with Crippen LogP contribution in [0.5, 0.6) is 0 Å². The second-order valence-electron chi connectivity index (χ2n) is 6.85. The van der Waals surface area contributed by atoms with E-state index in [2.05, 4.69) is 22.7 Å². The van der Waals surface area contributed by atoms with Gasteiger partial charge in [0.25, 0.3) is 5.91 Å². The second-order valence-corrected chi connectivity index (χ2v) is 7.77. The lowest BCUT2D eigenvalue weighted by Crippen LogP contribution is -2.41. The van der Waals surface area contributed by atoms with E-state index in [1.165, 1.54) is 11.3 Å². The van der Waals surface area contributed by atoms with E-state index in [9.17, 15) is 4.79 Å². The molecule has 6 heteroatoms. The van der Waals surface area contributed by atoms with Crippen LogP contribution >= 0.6 is 11.3 Å². The Morgan fingerprint density at radius 1 is 1.33 bits per heavy atom. The third-order valence-corrected chi connectivity index (χ3v) is 5.87. The van der Waals surface area contributed by atoms with Gasteiger partial charge in [-0.2, -0.15) is 5.10 Å². The van der Waals surface area contributed by atoms with Gasteiger partial charge >= 0.3 is 0 Å². The van der Waals surface area contributed by atoms with Crippen LogP contribution in [0.3, 0.4) is 0 Å². The van der Waals surface area contributed by atoms with Crippen molar-refractivity contribution in [1.29, 1.82) is 0 Å². The molecule has 1 aromatic carbocycles. The zero-order valence-corrected chi connectivity index (χ0v) is 16.3. The predicted octanol–water partition coefficient (Wildman–Crippen LogP) is 3.81. The molecule has 1 atom stereocenters. The molecular formula is C21H24N4OS. The fraction of sp³-hybridized carbons (Fsp3) is 0.333. The van der Waals surface area contributed by atoms with E-state index in [4.69, 9.17) is 0 Å². The summed E-state index contributed by atoms with van der Waals surface area (Å²) in [7, 11) is 0. The van der Waals surface area contributed by atoms with Gasteiger partial charge in [-0.3, -0.25) is 4.79 Å². The fourth-order valence-corrected chi connectivity index (χ4v) is 4.40. The Morgan fingerprint density at radius 3 is 2.93 bits per heavy atom. The zero-order valence-electron chi connectivity index (χ0n) is 15.5. The number of amides is 1. The van der Waals surface area contributed by atoms with Crippen molar-refractivity contribution in [2.75, 3.05) is 19.6 Å². The van der Waals surface area contributed by atoms with Crippen molar-refractivity contribution in [3.63, 3.8) is 0 Å². The lowest BCUT2D eigenvalue weighted by molar-refractivity contribution is 0.0697. The molecule has 140 valence electrons. The van der Waals surface area contributed by atoms with Gasteiger partial charge in [0.1, 0.15) is 0 Å².